The number of hydrazine groups is 1. The Labute approximate surface area is 691 Å². The Bertz CT molecular complexity index is 4360. The lowest BCUT2D eigenvalue weighted by molar-refractivity contribution is -0.125. The number of nitrogens with zero attached hydrogens (tertiary/aromatic N) is 9. The van der Waals surface area contributed by atoms with E-state index in [-0.39, 0.29) is 102 Å². The molecule has 2 aliphatic heterocycles. The standard InChI is InChI=1S/C31H42N4O3S.C31H38N2O4S.C29H36N4O4S/c1-21-9-11-22(12-10-21)29(36)35(26-20-25(17-18-31(2,3)4)39-28(26)30(37)38)24-15-13-23(14-16-24)33-34(5)27-8-6-7-19-32-27;1-21-10-12-23(13-11-21)29(35)33(26-20-25(14-17-31(2,3)4)38-27(26)30(36)37)24-15-18-32(19-16-24)28(34)22-8-6-5-7-9-22;1-19-5-7-20(8-6-19)26(34)33(24-17-22(9-12-29(2,3)4)38-25(24)28(36)37)21-10-15-32(16-11-21)27(35)23-18-30-13-14-31-23/h6-8,19-24,33H,9-16H2,1-5H3,(H,37,38);5-9,20-21,23-24H,10-13,15-16,18-19H2,1-4H3,(H,36,37);13-14,17-21H,5-8,10-11,15-16H2,1-4H3,(H,36,37). The molecule has 21 nitrogen and oxygen atoms in total. The van der Waals surface area contributed by atoms with Crippen LogP contribution in [0.3, 0.4) is 0 Å². The van der Waals surface area contributed by atoms with E-state index >= 15 is 0 Å². The highest BCUT2D eigenvalue weighted by Gasteiger charge is 2.42. The Morgan fingerprint density at radius 3 is 1.12 bits per heavy atom. The quantitative estimate of drug-likeness (QED) is 0.0488. The molecule has 5 aromatic heterocycles. The molecule has 0 atom stereocenters. The number of likely N-dealkylation sites (tertiary alicyclic amines) is 2. The van der Waals surface area contributed by atoms with E-state index in [9.17, 15) is 53.7 Å². The molecule has 12 rings (SSSR count). The third kappa shape index (κ3) is 24.4. The van der Waals surface area contributed by atoms with Gasteiger partial charge in [0.05, 0.1) is 37.9 Å². The lowest BCUT2D eigenvalue weighted by Crippen LogP contribution is -2.51. The normalized spacial score (nSPS) is 21.4. The van der Waals surface area contributed by atoms with Crippen LogP contribution in [0.15, 0.2) is 91.5 Å². The molecule has 24 heteroatoms. The van der Waals surface area contributed by atoms with Gasteiger partial charge in [0.2, 0.25) is 17.7 Å². The number of hydrogen-bond acceptors (Lipinski definition) is 16. The number of pyridine rings is 1. The van der Waals surface area contributed by atoms with Crippen molar-refractivity contribution < 1.29 is 53.7 Å². The number of thiophene rings is 3. The van der Waals surface area contributed by atoms with Crippen molar-refractivity contribution in [3.8, 4) is 35.5 Å². The number of carboxylic acids is 3. The van der Waals surface area contributed by atoms with Gasteiger partial charge in [-0.15, -0.1) is 34.0 Å². The number of carbonyl (C=O) groups excluding carboxylic acids is 5. The number of piperidine rings is 2. The SMILES string of the molecule is CC1CCC(C(=O)N(c2cc(C#CC(C)(C)C)sc2C(=O)O)C2CCC(NN(C)c3ccccn3)CC2)CC1.CC1CCC(C(=O)N(c2cc(C#CC(C)(C)C)sc2C(=O)O)C2CCN(C(=O)c3ccccc3)CC2)CC1.CC1CCC(C(=O)N(c2cc(C#CC(C)(C)C)sc2C(=O)O)C2CCN(C(=O)c3cnccn3)CC2)CC1. The highest BCUT2D eigenvalue weighted by molar-refractivity contribution is 7.16. The minimum absolute atomic E-state index is 0.00812. The molecule has 6 fully saturated rings. The third-order valence-corrected chi connectivity index (χ3v) is 25.5. The van der Waals surface area contributed by atoms with Crippen molar-refractivity contribution in [1.82, 2.24) is 30.2 Å². The van der Waals surface area contributed by atoms with Crippen LogP contribution in [0.1, 0.15) is 276 Å². The van der Waals surface area contributed by atoms with Crippen LogP contribution in [0, 0.1) is 87.3 Å². The first kappa shape index (κ1) is 88.1. The van der Waals surface area contributed by atoms with Gasteiger partial charge in [-0.2, -0.15) is 0 Å². The molecule has 614 valence electrons. The van der Waals surface area contributed by atoms with E-state index in [4.69, 9.17) is 0 Å². The molecule has 6 aliphatic rings. The first-order valence-electron chi connectivity index (χ1n) is 41.1. The molecule has 6 aromatic rings. The predicted octanol–water partition coefficient (Wildman–Crippen LogP) is 17.8. The zero-order valence-corrected chi connectivity index (χ0v) is 71.7. The molecule has 0 radical (unpaired) electrons. The molecular weight excluding hydrogens is 1510 g/mol. The third-order valence-electron chi connectivity index (χ3n) is 22.5. The maximum Gasteiger partial charge on any atom is 0.348 e. The molecule has 115 heavy (non-hydrogen) atoms. The maximum atomic E-state index is 14.1. The van der Waals surface area contributed by atoms with Crippen molar-refractivity contribution in [3.63, 3.8) is 0 Å². The van der Waals surface area contributed by atoms with Gasteiger partial charge in [-0.1, -0.05) is 80.6 Å². The van der Waals surface area contributed by atoms with Crippen LogP contribution in [0.25, 0.3) is 0 Å². The van der Waals surface area contributed by atoms with Crippen LogP contribution < -0.4 is 25.1 Å². The molecule has 4 N–H and O–H groups in total. The predicted molar refractivity (Wildman–Crippen MR) is 457 cm³/mol. The van der Waals surface area contributed by atoms with Crippen LogP contribution in [0.5, 0.6) is 0 Å². The topological polar surface area (TPSA) is 267 Å². The highest BCUT2D eigenvalue weighted by atomic mass is 32.1. The van der Waals surface area contributed by atoms with Crippen molar-refractivity contribution in [2.75, 3.05) is 52.9 Å². The maximum absolute atomic E-state index is 14.1. The molecule has 4 aliphatic carbocycles. The fraction of sp³-hybridized carbons (Fsp3) is 0.549. The number of anilines is 4. The summed E-state index contributed by atoms with van der Waals surface area (Å²) in [4.78, 5) is 129. The Morgan fingerprint density at radius 1 is 0.435 bits per heavy atom. The second-order valence-corrected chi connectivity index (χ2v) is 38.4. The monoisotopic (exact) mass is 1620 g/mol. The zero-order valence-electron chi connectivity index (χ0n) is 69.3. The highest BCUT2D eigenvalue weighted by Crippen LogP contribution is 2.43. The summed E-state index contributed by atoms with van der Waals surface area (Å²) in [5.41, 5.74) is 5.26. The van der Waals surface area contributed by atoms with Gasteiger partial charge < -0.3 is 39.8 Å². The van der Waals surface area contributed by atoms with E-state index in [1.807, 2.05) is 139 Å². The van der Waals surface area contributed by atoms with Crippen LogP contribution in [-0.2, 0) is 14.4 Å². The van der Waals surface area contributed by atoms with Crippen molar-refractivity contribution in [1.29, 1.82) is 0 Å². The Balaban J connectivity index is 0.000000182. The molecule has 0 spiro atoms. The second-order valence-electron chi connectivity index (χ2n) is 35.3. The minimum Gasteiger partial charge on any atom is -0.477 e. The van der Waals surface area contributed by atoms with E-state index in [2.05, 4.69) is 76.7 Å². The number of rotatable bonds is 17. The van der Waals surface area contributed by atoms with Gasteiger partial charge in [0.25, 0.3) is 11.8 Å². The molecule has 4 saturated carbocycles. The van der Waals surface area contributed by atoms with E-state index in [1.165, 1.54) is 29.9 Å². The van der Waals surface area contributed by atoms with Crippen LogP contribution in [-0.4, -0.2) is 145 Å². The first-order valence-corrected chi connectivity index (χ1v) is 43.5. The average Bonchev–Trinajstić information content (AvgIpc) is 1.71. The summed E-state index contributed by atoms with van der Waals surface area (Å²) < 4.78 is 0. The summed E-state index contributed by atoms with van der Waals surface area (Å²) in [6.45, 7) is 26.8. The van der Waals surface area contributed by atoms with Gasteiger partial charge in [-0.25, -0.2) is 29.8 Å². The molecule has 7 heterocycles. The molecule has 0 unspecified atom stereocenters. The van der Waals surface area contributed by atoms with Crippen molar-refractivity contribution in [3.05, 3.63) is 132 Å². The summed E-state index contributed by atoms with van der Waals surface area (Å²) in [5, 5.41) is 32.3. The largest absolute Gasteiger partial charge is 0.477 e. The van der Waals surface area contributed by atoms with Gasteiger partial charge in [0.15, 0.2) is 0 Å². The van der Waals surface area contributed by atoms with Crippen LogP contribution in [0.2, 0.25) is 0 Å². The second kappa shape index (κ2) is 39.6. The van der Waals surface area contributed by atoms with E-state index in [0.29, 0.717) is 113 Å². The van der Waals surface area contributed by atoms with Crippen molar-refractivity contribution >= 4 is 104 Å². The average molecular weight is 1620 g/mol. The summed E-state index contributed by atoms with van der Waals surface area (Å²) in [7, 11) is 1.97. The number of aromatic carboxylic acids is 3. The molecule has 2 saturated heterocycles. The molecule has 0 bridgehead atoms. The number of hydrogen-bond donors (Lipinski definition) is 4. The summed E-state index contributed by atoms with van der Waals surface area (Å²) in [6, 6.07) is 20.3. The molecular formula is C91H116N10O11S3. The lowest BCUT2D eigenvalue weighted by Gasteiger charge is -2.40. The molecule has 5 amide bonds. The number of nitrogens with one attached hydrogen (secondary N) is 1. The first-order chi connectivity index (χ1) is 54.6. The number of benzene rings is 1. The summed E-state index contributed by atoms with van der Waals surface area (Å²) >= 11 is 3.44. The minimum atomic E-state index is -1.06. The van der Waals surface area contributed by atoms with E-state index in [0.717, 1.165) is 131 Å². The number of carboxylic acid groups (broad SMARTS) is 3. The Morgan fingerprint density at radius 2 is 0.791 bits per heavy atom. The summed E-state index contributed by atoms with van der Waals surface area (Å²) in [5.74, 6) is 18.2. The van der Waals surface area contributed by atoms with E-state index < -0.39 is 17.9 Å². The fourth-order valence-corrected chi connectivity index (χ4v) is 18.5. The van der Waals surface area contributed by atoms with Gasteiger partial charge in [-0.05, 0) is 251 Å². The number of amides is 5. The van der Waals surface area contributed by atoms with Crippen molar-refractivity contribution in [2.45, 2.75) is 236 Å². The number of carbonyl (C=O) groups is 8. The zero-order chi connectivity index (χ0) is 83.1. The fourth-order valence-electron chi connectivity index (χ4n) is 16.0. The van der Waals surface area contributed by atoms with Gasteiger partial charge in [0, 0.05) is 116 Å². The van der Waals surface area contributed by atoms with Crippen LogP contribution >= 0.6 is 34.0 Å². The smallest absolute Gasteiger partial charge is 0.348 e. The summed E-state index contributed by atoms with van der Waals surface area (Å²) in [6.07, 6.45) is 23.0. The van der Waals surface area contributed by atoms with Gasteiger partial charge in [0.1, 0.15) is 26.1 Å². The molecule has 1 aromatic carbocycles. The Kier molecular flexibility index (Phi) is 30.3. The van der Waals surface area contributed by atoms with Crippen molar-refractivity contribution in [2.24, 2.45) is 51.8 Å². The van der Waals surface area contributed by atoms with Gasteiger partial charge in [-0.3, -0.25) is 34.0 Å². The lowest BCUT2D eigenvalue weighted by atomic mass is 9.81. The Hall–Kier alpha value is -9.25. The van der Waals surface area contributed by atoms with E-state index in [1.54, 1.807) is 33.0 Å². The van der Waals surface area contributed by atoms with Gasteiger partial charge >= 0.3 is 17.9 Å². The number of aromatic nitrogens is 3. The van der Waals surface area contributed by atoms with Crippen LogP contribution in [0.4, 0.5) is 22.9 Å².